The summed E-state index contributed by atoms with van der Waals surface area (Å²) in [4.78, 5) is 13.5. The number of carbonyl (C=O) groups is 1. The molecule has 14 heavy (non-hydrogen) atoms. The van der Waals surface area contributed by atoms with Crippen LogP contribution in [0.15, 0.2) is 0 Å². The van der Waals surface area contributed by atoms with Gasteiger partial charge in [-0.2, -0.15) is 0 Å². The van der Waals surface area contributed by atoms with Gasteiger partial charge in [0.25, 0.3) is 0 Å². The highest BCUT2D eigenvalue weighted by Gasteiger charge is 2.18. The Kier molecular flexibility index (Phi) is 7.42. The van der Waals surface area contributed by atoms with Gasteiger partial charge in [0, 0.05) is 25.6 Å². The molecular weight excluding hydrogens is 180 g/mol. The fourth-order valence-electron chi connectivity index (χ4n) is 1.43. The van der Waals surface area contributed by atoms with Gasteiger partial charge in [-0.15, -0.1) is 0 Å². The number of hydrogen-bond acceptors (Lipinski definition) is 3. The van der Waals surface area contributed by atoms with Crippen LogP contribution in [0.4, 0.5) is 0 Å². The van der Waals surface area contributed by atoms with Crippen LogP contribution in [0.3, 0.4) is 0 Å². The molecule has 0 aliphatic carbocycles. The maximum atomic E-state index is 11.8. The summed E-state index contributed by atoms with van der Waals surface area (Å²) in [6.45, 7) is 5.83. The highest BCUT2D eigenvalue weighted by molar-refractivity contribution is 5.78. The van der Waals surface area contributed by atoms with Crippen molar-refractivity contribution in [2.24, 2.45) is 5.92 Å². The minimum Gasteiger partial charge on any atom is -0.395 e. The second-order valence-corrected chi connectivity index (χ2v) is 3.51. The number of aliphatic hydroxyl groups excluding tert-OH is 1. The van der Waals surface area contributed by atoms with E-state index in [1.807, 2.05) is 20.9 Å². The van der Waals surface area contributed by atoms with Gasteiger partial charge in [0.2, 0.25) is 5.91 Å². The smallest absolute Gasteiger partial charge is 0.226 e. The molecule has 0 aromatic heterocycles. The van der Waals surface area contributed by atoms with Crippen LogP contribution in [0.5, 0.6) is 0 Å². The summed E-state index contributed by atoms with van der Waals surface area (Å²) in [5, 5.41) is 11.8. The normalized spacial score (nSPS) is 12.6. The van der Waals surface area contributed by atoms with Gasteiger partial charge in [-0.1, -0.05) is 13.8 Å². The summed E-state index contributed by atoms with van der Waals surface area (Å²) >= 11 is 0. The van der Waals surface area contributed by atoms with Gasteiger partial charge in [0.05, 0.1) is 6.61 Å². The third kappa shape index (κ3) is 4.58. The first-order chi connectivity index (χ1) is 6.67. The molecule has 0 aliphatic heterocycles. The van der Waals surface area contributed by atoms with E-state index in [0.29, 0.717) is 13.1 Å². The van der Waals surface area contributed by atoms with Crippen molar-refractivity contribution < 1.29 is 9.90 Å². The highest BCUT2D eigenvalue weighted by atomic mass is 16.3. The molecule has 0 aromatic rings. The molecule has 2 N–H and O–H groups in total. The number of carbonyl (C=O) groups excluding carboxylic acids is 1. The zero-order chi connectivity index (χ0) is 11.0. The Bertz CT molecular complexity index is 156. The molecule has 0 heterocycles. The maximum absolute atomic E-state index is 11.8. The number of hydrogen-bond donors (Lipinski definition) is 2. The summed E-state index contributed by atoms with van der Waals surface area (Å²) in [6.07, 6.45) is 0.929. The van der Waals surface area contributed by atoms with Crippen molar-refractivity contribution in [1.29, 1.82) is 0 Å². The Morgan fingerprint density at radius 3 is 2.57 bits per heavy atom. The minimum absolute atomic E-state index is 0.0156. The van der Waals surface area contributed by atoms with Crippen molar-refractivity contribution in [2.75, 3.05) is 33.3 Å². The molecule has 1 amide bonds. The lowest BCUT2D eigenvalue weighted by Gasteiger charge is -2.24. The molecule has 84 valence electrons. The van der Waals surface area contributed by atoms with E-state index in [-0.39, 0.29) is 18.4 Å². The summed E-state index contributed by atoms with van der Waals surface area (Å²) < 4.78 is 0. The van der Waals surface area contributed by atoms with Crippen molar-refractivity contribution in [1.82, 2.24) is 10.2 Å². The predicted molar refractivity (Wildman–Crippen MR) is 57.0 cm³/mol. The van der Waals surface area contributed by atoms with Gasteiger partial charge >= 0.3 is 0 Å². The molecule has 0 aliphatic rings. The topological polar surface area (TPSA) is 52.6 Å². The number of rotatable bonds is 7. The quantitative estimate of drug-likeness (QED) is 0.614. The Labute approximate surface area is 86.3 Å². The van der Waals surface area contributed by atoms with Crippen LogP contribution >= 0.6 is 0 Å². The van der Waals surface area contributed by atoms with Crippen molar-refractivity contribution in [2.45, 2.75) is 20.3 Å². The van der Waals surface area contributed by atoms with Crippen LogP contribution in [0.25, 0.3) is 0 Å². The monoisotopic (exact) mass is 202 g/mol. The Hall–Kier alpha value is -0.610. The Balaban J connectivity index is 4.11. The molecule has 0 spiro atoms. The fraction of sp³-hybridized carbons (Fsp3) is 0.900. The van der Waals surface area contributed by atoms with Crippen LogP contribution < -0.4 is 5.32 Å². The Morgan fingerprint density at radius 2 is 2.14 bits per heavy atom. The van der Waals surface area contributed by atoms with Crippen molar-refractivity contribution >= 4 is 5.91 Å². The standard InChI is InChI=1S/C10H22N2O2/c1-4-5-12(6-7-13)10(14)9(2)8-11-3/h9,11,13H,4-8H2,1-3H3. The van der Waals surface area contributed by atoms with E-state index in [9.17, 15) is 4.79 Å². The van der Waals surface area contributed by atoms with E-state index < -0.39 is 0 Å². The van der Waals surface area contributed by atoms with Gasteiger partial charge in [-0.25, -0.2) is 0 Å². The summed E-state index contributed by atoms with van der Waals surface area (Å²) in [5.41, 5.74) is 0. The fourth-order valence-corrected chi connectivity index (χ4v) is 1.43. The first-order valence-corrected chi connectivity index (χ1v) is 5.21. The molecule has 0 fully saturated rings. The van der Waals surface area contributed by atoms with Gasteiger partial charge in [-0.3, -0.25) is 4.79 Å². The van der Waals surface area contributed by atoms with E-state index in [0.717, 1.165) is 13.0 Å². The van der Waals surface area contributed by atoms with Crippen molar-refractivity contribution in [3.63, 3.8) is 0 Å². The van der Waals surface area contributed by atoms with Crippen LogP contribution in [-0.2, 0) is 4.79 Å². The first-order valence-electron chi connectivity index (χ1n) is 5.21. The van der Waals surface area contributed by atoms with Crippen molar-refractivity contribution in [3.8, 4) is 0 Å². The summed E-state index contributed by atoms with van der Waals surface area (Å²) in [6, 6.07) is 0. The zero-order valence-corrected chi connectivity index (χ0v) is 9.42. The molecule has 0 aromatic carbocycles. The maximum Gasteiger partial charge on any atom is 0.226 e. The minimum atomic E-state index is -0.0156. The number of nitrogens with zero attached hydrogens (tertiary/aromatic N) is 1. The summed E-state index contributed by atoms with van der Waals surface area (Å²) in [5.74, 6) is 0.105. The molecule has 1 unspecified atom stereocenters. The number of amides is 1. The van der Waals surface area contributed by atoms with E-state index in [1.165, 1.54) is 0 Å². The molecule has 0 saturated carbocycles. The summed E-state index contributed by atoms with van der Waals surface area (Å²) in [7, 11) is 1.83. The second-order valence-electron chi connectivity index (χ2n) is 3.51. The molecular formula is C10H22N2O2. The Morgan fingerprint density at radius 1 is 1.50 bits per heavy atom. The highest BCUT2D eigenvalue weighted by Crippen LogP contribution is 2.02. The van der Waals surface area contributed by atoms with Crippen LogP contribution in [-0.4, -0.2) is 49.2 Å². The molecule has 0 rings (SSSR count). The van der Waals surface area contributed by atoms with E-state index in [4.69, 9.17) is 5.11 Å². The third-order valence-electron chi connectivity index (χ3n) is 2.11. The largest absolute Gasteiger partial charge is 0.395 e. The SMILES string of the molecule is CCCN(CCO)C(=O)C(C)CNC. The van der Waals surface area contributed by atoms with Gasteiger partial charge in [0.1, 0.15) is 0 Å². The van der Waals surface area contributed by atoms with Gasteiger partial charge < -0.3 is 15.3 Å². The van der Waals surface area contributed by atoms with Gasteiger partial charge in [0.15, 0.2) is 0 Å². The van der Waals surface area contributed by atoms with Crippen LogP contribution in [0.1, 0.15) is 20.3 Å². The molecule has 0 bridgehead atoms. The molecule has 1 atom stereocenters. The molecule has 4 heteroatoms. The lowest BCUT2D eigenvalue weighted by molar-refractivity contribution is -0.135. The molecule has 0 saturated heterocycles. The van der Waals surface area contributed by atoms with Crippen molar-refractivity contribution in [3.05, 3.63) is 0 Å². The third-order valence-corrected chi connectivity index (χ3v) is 2.11. The zero-order valence-electron chi connectivity index (χ0n) is 9.42. The second kappa shape index (κ2) is 7.76. The van der Waals surface area contributed by atoms with Crippen LogP contribution in [0.2, 0.25) is 0 Å². The first kappa shape index (κ1) is 13.4. The number of aliphatic hydroxyl groups is 1. The van der Waals surface area contributed by atoms with E-state index in [1.54, 1.807) is 4.90 Å². The molecule has 4 nitrogen and oxygen atoms in total. The number of nitrogens with one attached hydrogen (secondary N) is 1. The predicted octanol–water partition coefficient (Wildman–Crippen LogP) is 0.0728. The lowest BCUT2D eigenvalue weighted by atomic mass is 10.1. The van der Waals surface area contributed by atoms with E-state index >= 15 is 0 Å². The average molecular weight is 202 g/mol. The average Bonchev–Trinajstić information content (AvgIpc) is 2.17. The van der Waals surface area contributed by atoms with Crippen LogP contribution in [0, 0.1) is 5.92 Å². The lowest BCUT2D eigenvalue weighted by Crippen LogP contribution is -2.40. The molecule has 0 radical (unpaired) electrons. The van der Waals surface area contributed by atoms with E-state index in [2.05, 4.69) is 5.32 Å². The van der Waals surface area contributed by atoms with Gasteiger partial charge in [-0.05, 0) is 13.5 Å².